The van der Waals surface area contributed by atoms with Crippen LogP contribution in [0.5, 0.6) is 0 Å². The van der Waals surface area contributed by atoms with Gasteiger partial charge in [0.1, 0.15) is 12.4 Å². The fraction of sp³-hybridized carbons (Fsp3) is 0.643. The highest BCUT2D eigenvalue weighted by atomic mass is 19.1. The molecule has 1 saturated heterocycles. The van der Waals surface area contributed by atoms with E-state index in [2.05, 4.69) is 15.3 Å². The van der Waals surface area contributed by atoms with Crippen molar-refractivity contribution in [2.24, 2.45) is 0 Å². The summed E-state index contributed by atoms with van der Waals surface area (Å²) in [5, 5.41) is 2.86. The van der Waals surface area contributed by atoms with Crippen LogP contribution in [0.15, 0.2) is 6.33 Å². The number of aromatic nitrogens is 2. The second-order valence-corrected chi connectivity index (χ2v) is 5.09. The van der Waals surface area contributed by atoms with Crippen LogP contribution in [0.4, 0.5) is 10.2 Å². The predicted octanol–water partition coefficient (Wildman–Crippen LogP) is 1.99. The molecule has 1 aliphatic heterocycles. The molecular weight excluding hydrogens is 259 g/mol. The van der Waals surface area contributed by atoms with E-state index < -0.39 is 11.9 Å². The number of likely N-dealkylation sites (tertiary alicyclic amines) is 1. The third-order valence-electron chi connectivity index (χ3n) is 3.59. The van der Waals surface area contributed by atoms with Crippen molar-refractivity contribution in [3.05, 3.63) is 17.8 Å². The quantitative estimate of drug-likeness (QED) is 0.916. The van der Waals surface area contributed by atoms with E-state index >= 15 is 0 Å². The summed E-state index contributed by atoms with van der Waals surface area (Å²) in [6.45, 7) is 5.15. The van der Waals surface area contributed by atoms with E-state index in [1.807, 2.05) is 11.8 Å². The van der Waals surface area contributed by atoms with Crippen LogP contribution in [-0.2, 0) is 11.2 Å². The number of halogens is 1. The third-order valence-corrected chi connectivity index (χ3v) is 3.59. The van der Waals surface area contributed by atoms with E-state index in [1.54, 1.807) is 6.92 Å². The van der Waals surface area contributed by atoms with Crippen LogP contribution < -0.4 is 5.32 Å². The molecule has 1 aromatic rings. The van der Waals surface area contributed by atoms with Gasteiger partial charge < -0.3 is 10.2 Å². The van der Waals surface area contributed by atoms with Crippen molar-refractivity contribution in [3.8, 4) is 0 Å². The van der Waals surface area contributed by atoms with Gasteiger partial charge in [0.05, 0.1) is 5.69 Å². The number of piperidine rings is 1. The van der Waals surface area contributed by atoms with Gasteiger partial charge in [0.25, 0.3) is 0 Å². The fourth-order valence-electron chi connectivity index (χ4n) is 2.41. The summed E-state index contributed by atoms with van der Waals surface area (Å²) in [5.74, 6) is -0.358. The first kappa shape index (κ1) is 14.7. The fourth-order valence-corrected chi connectivity index (χ4v) is 2.41. The molecule has 1 N–H and O–H groups in total. The van der Waals surface area contributed by atoms with Gasteiger partial charge in [-0.1, -0.05) is 6.92 Å². The number of rotatable bonds is 4. The highest BCUT2D eigenvalue weighted by Crippen LogP contribution is 2.16. The normalized spacial score (nSPS) is 16.9. The molecule has 0 bridgehead atoms. The van der Waals surface area contributed by atoms with Gasteiger partial charge in [-0.25, -0.2) is 14.4 Å². The SMILES string of the molecule is CCc1ncnc(NC(C)C(=O)N2CCCCC2)c1F. The molecule has 110 valence electrons. The minimum Gasteiger partial charge on any atom is -0.356 e. The summed E-state index contributed by atoms with van der Waals surface area (Å²) in [5.41, 5.74) is 0.361. The number of nitrogens with zero attached hydrogens (tertiary/aromatic N) is 3. The molecule has 1 aromatic heterocycles. The van der Waals surface area contributed by atoms with Gasteiger partial charge in [-0.2, -0.15) is 0 Å². The minimum atomic E-state index is -0.484. The Morgan fingerprint density at radius 1 is 1.40 bits per heavy atom. The molecule has 0 spiro atoms. The average molecular weight is 280 g/mol. The smallest absolute Gasteiger partial charge is 0.244 e. The Bertz CT molecular complexity index is 474. The van der Waals surface area contributed by atoms with Crippen LogP contribution >= 0.6 is 0 Å². The Morgan fingerprint density at radius 3 is 2.75 bits per heavy atom. The lowest BCUT2D eigenvalue weighted by molar-refractivity contribution is -0.132. The van der Waals surface area contributed by atoms with E-state index in [4.69, 9.17) is 0 Å². The molecule has 20 heavy (non-hydrogen) atoms. The summed E-state index contributed by atoms with van der Waals surface area (Å²) in [7, 11) is 0. The highest BCUT2D eigenvalue weighted by molar-refractivity contribution is 5.84. The summed E-state index contributed by atoms with van der Waals surface area (Å²) in [6, 6.07) is -0.484. The van der Waals surface area contributed by atoms with E-state index in [9.17, 15) is 9.18 Å². The largest absolute Gasteiger partial charge is 0.356 e. The predicted molar refractivity (Wildman–Crippen MR) is 74.9 cm³/mol. The lowest BCUT2D eigenvalue weighted by atomic mass is 10.1. The maximum atomic E-state index is 14.0. The van der Waals surface area contributed by atoms with Gasteiger partial charge in [0.15, 0.2) is 11.6 Å². The number of carbonyl (C=O) groups is 1. The minimum absolute atomic E-state index is 0.000704. The van der Waals surface area contributed by atoms with Gasteiger partial charge in [-0.05, 0) is 32.6 Å². The zero-order chi connectivity index (χ0) is 14.5. The Kier molecular flexibility index (Phi) is 4.87. The number of hydrogen-bond donors (Lipinski definition) is 1. The zero-order valence-electron chi connectivity index (χ0n) is 12.0. The molecule has 1 unspecified atom stereocenters. The van der Waals surface area contributed by atoms with Crippen molar-refractivity contribution in [1.82, 2.24) is 14.9 Å². The maximum Gasteiger partial charge on any atom is 0.244 e. The Morgan fingerprint density at radius 2 is 2.10 bits per heavy atom. The van der Waals surface area contributed by atoms with Crippen molar-refractivity contribution < 1.29 is 9.18 Å². The Hall–Kier alpha value is -1.72. The number of anilines is 1. The zero-order valence-corrected chi connectivity index (χ0v) is 12.0. The van der Waals surface area contributed by atoms with E-state index in [0.29, 0.717) is 12.1 Å². The van der Waals surface area contributed by atoms with E-state index in [-0.39, 0.29) is 11.7 Å². The highest BCUT2D eigenvalue weighted by Gasteiger charge is 2.23. The summed E-state index contributed by atoms with van der Waals surface area (Å²) in [4.78, 5) is 21.9. The van der Waals surface area contributed by atoms with Crippen molar-refractivity contribution in [1.29, 1.82) is 0 Å². The molecule has 1 atom stereocenters. The molecule has 1 aliphatic rings. The number of hydrogen-bond acceptors (Lipinski definition) is 4. The second-order valence-electron chi connectivity index (χ2n) is 5.09. The van der Waals surface area contributed by atoms with E-state index in [0.717, 1.165) is 25.9 Å². The third kappa shape index (κ3) is 3.23. The van der Waals surface area contributed by atoms with E-state index in [1.165, 1.54) is 12.7 Å². The molecular formula is C14H21FN4O. The van der Waals surface area contributed by atoms with Gasteiger partial charge in [-0.3, -0.25) is 4.79 Å². The second kappa shape index (κ2) is 6.63. The number of amides is 1. The van der Waals surface area contributed by atoms with Gasteiger partial charge in [0, 0.05) is 13.1 Å². The van der Waals surface area contributed by atoms with Crippen LogP contribution in [-0.4, -0.2) is 39.9 Å². The lowest BCUT2D eigenvalue weighted by Crippen LogP contribution is -2.44. The van der Waals surface area contributed by atoms with Gasteiger partial charge >= 0.3 is 0 Å². The Balaban J connectivity index is 2.03. The van der Waals surface area contributed by atoms with Crippen LogP contribution in [0, 0.1) is 5.82 Å². The molecule has 5 nitrogen and oxygen atoms in total. The molecule has 2 heterocycles. The van der Waals surface area contributed by atoms with Crippen molar-refractivity contribution in [2.75, 3.05) is 18.4 Å². The first-order valence-corrected chi connectivity index (χ1v) is 7.18. The maximum absolute atomic E-state index is 14.0. The van der Waals surface area contributed by atoms with Crippen LogP contribution in [0.3, 0.4) is 0 Å². The molecule has 0 radical (unpaired) electrons. The molecule has 1 fully saturated rings. The summed E-state index contributed by atoms with van der Waals surface area (Å²) in [6.07, 6.45) is 5.08. The van der Waals surface area contributed by atoms with Crippen molar-refractivity contribution in [2.45, 2.75) is 45.6 Å². The molecule has 6 heteroatoms. The molecule has 0 aromatic carbocycles. The molecule has 1 amide bonds. The Labute approximate surface area is 118 Å². The molecule has 0 aliphatic carbocycles. The van der Waals surface area contributed by atoms with Gasteiger partial charge in [0.2, 0.25) is 5.91 Å². The monoisotopic (exact) mass is 280 g/mol. The first-order chi connectivity index (χ1) is 9.63. The van der Waals surface area contributed by atoms with Gasteiger partial charge in [-0.15, -0.1) is 0 Å². The number of nitrogens with one attached hydrogen (secondary N) is 1. The first-order valence-electron chi connectivity index (χ1n) is 7.18. The average Bonchev–Trinajstić information content (AvgIpc) is 2.49. The van der Waals surface area contributed by atoms with Crippen molar-refractivity contribution >= 4 is 11.7 Å². The summed E-state index contributed by atoms with van der Waals surface area (Å²) >= 11 is 0. The number of carbonyl (C=O) groups excluding carboxylic acids is 1. The van der Waals surface area contributed by atoms with Crippen LogP contribution in [0.1, 0.15) is 38.8 Å². The van der Waals surface area contributed by atoms with Crippen LogP contribution in [0.2, 0.25) is 0 Å². The lowest BCUT2D eigenvalue weighted by Gasteiger charge is -2.29. The van der Waals surface area contributed by atoms with Crippen molar-refractivity contribution in [3.63, 3.8) is 0 Å². The number of aryl methyl sites for hydroxylation is 1. The molecule has 2 rings (SSSR count). The summed E-state index contributed by atoms with van der Waals surface area (Å²) < 4.78 is 14.0. The van der Waals surface area contributed by atoms with Crippen LogP contribution in [0.25, 0.3) is 0 Å². The topological polar surface area (TPSA) is 58.1 Å². The molecule has 0 saturated carbocycles. The standard InChI is InChI=1S/C14H21FN4O/c1-3-11-12(15)13(17-9-16-11)18-10(2)14(20)19-7-5-4-6-8-19/h9-10H,3-8H2,1-2H3,(H,16,17,18).